The molecule has 0 heterocycles. The van der Waals surface area contributed by atoms with Crippen LogP contribution in [-0.4, -0.2) is 18.0 Å². The van der Waals surface area contributed by atoms with E-state index in [2.05, 4.69) is 33.5 Å². The molecule has 0 saturated heterocycles. The molecule has 0 aliphatic heterocycles. The fourth-order valence-electron chi connectivity index (χ4n) is 1.47. The van der Waals surface area contributed by atoms with Crippen LogP contribution in [0.3, 0.4) is 0 Å². The van der Waals surface area contributed by atoms with E-state index in [1.54, 1.807) is 0 Å². The molecule has 2 unspecified atom stereocenters. The maximum absolute atomic E-state index is 11.9. The van der Waals surface area contributed by atoms with Crippen molar-refractivity contribution < 1.29 is 4.79 Å². The van der Waals surface area contributed by atoms with Crippen LogP contribution in [0, 0.1) is 6.92 Å². The number of aryl methyl sites for hydroxylation is 1. The molecule has 0 fully saturated rings. The van der Waals surface area contributed by atoms with Gasteiger partial charge in [-0.15, -0.1) is 0 Å². The Bertz CT molecular complexity index is 420. The van der Waals surface area contributed by atoms with Crippen LogP contribution in [0.25, 0.3) is 0 Å². The first kappa shape index (κ1) is 15.0. The number of hydrogen-bond acceptors (Lipinski definition) is 2. The van der Waals surface area contributed by atoms with Crippen LogP contribution in [0.4, 0.5) is 5.69 Å². The van der Waals surface area contributed by atoms with Gasteiger partial charge in [-0.2, -0.15) is 0 Å². The molecule has 1 amide bonds. The van der Waals surface area contributed by atoms with Crippen LogP contribution < -0.4 is 10.6 Å². The summed E-state index contributed by atoms with van der Waals surface area (Å²) in [5.41, 5.74) is 2.12. The summed E-state index contributed by atoms with van der Waals surface area (Å²) >= 11 is 3.48. The van der Waals surface area contributed by atoms with E-state index in [-0.39, 0.29) is 18.0 Å². The van der Waals surface area contributed by atoms with Gasteiger partial charge in [0, 0.05) is 16.2 Å². The molecule has 18 heavy (non-hydrogen) atoms. The summed E-state index contributed by atoms with van der Waals surface area (Å²) in [6, 6.07) is 5.96. The number of benzene rings is 1. The van der Waals surface area contributed by atoms with Crippen molar-refractivity contribution in [1.82, 2.24) is 5.32 Å². The number of nitrogens with one attached hydrogen (secondary N) is 2. The second-order valence-corrected chi connectivity index (χ2v) is 5.50. The van der Waals surface area contributed by atoms with Crippen molar-refractivity contribution in [3.63, 3.8) is 0 Å². The maximum Gasteiger partial charge on any atom is 0.242 e. The second kappa shape index (κ2) is 6.78. The number of rotatable bonds is 5. The van der Waals surface area contributed by atoms with E-state index in [0.29, 0.717) is 0 Å². The molecule has 100 valence electrons. The van der Waals surface area contributed by atoms with Gasteiger partial charge in [-0.3, -0.25) is 4.79 Å². The van der Waals surface area contributed by atoms with E-state index in [0.717, 1.165) is 16.6 Å². The Labute approximate surface area is 117 Å². The van der Waals surface area contributed by atoms with Crippen molar-refractivity contribution >= 4 is 27.5 Å². The summed E-state index contributed by atoms with van der Waals surface area (Å²) in [6.45, 7) is 7.96. The molecular formula is C14H21BrN2O. The van der Waals surface area contributed by atoms with Gasteiger partial charge in [0.1, 0.15) is 6.04 Å². The van der Waals surface area contributed by atoms with Crippen molar-refractivity contribution in [1.29, 1.82) is 0 Å². The minimum Gasteiger partial charge on any atom is -0.374 e. The largest absolute Gasteiger partial charge is 0.374 e. The lowest BCUT2D eigenvalue weighted by Crippen LogP contribution is -2.41. The van der Waals surface area contributed by atoms with Gasteiger partial charge in [0.25, 0.3) is 0 Å². The van der Waals surface area contributed by atoms with Crippen LogP contribution >= 0.6 is 15.9 Å². The Hall–Kier alpha value is -1.03. The van der Waals surface area contributed by atoms with Crippen molar-refractivity contribution in [3.8, 4) is 0 Å². The van der Waals surface area contributed by atoms with E-state index < -0.39 is 0 Å². The minimum absolute atomic E-state index is 0.0287. The SMILES string of the molecule is CCC(C)NC(=O)C(C)Nc1ccc(C)c(Br)c1. The summed E-state index contributed by atoms with van der Waals surface area (Å²) in [6.07, 6.45) is 0.939. The van der Waals surface area contributed by atoms with Gasteiger partial charge in [-0.25, -0.2) is 0 Å². The third kappa shape index (κ3) is 4.33. The zero-order valence-electron chi connectivity index (χ0n) is 11.4. The number of anilines is 1. The minimum atomic E-state index is -0.242. The third-order valence-electron chi connectivity index (χ3n) is 2.95. The number of hydrogen-bond donors (Lipinski definition) is 2. The van der Waals surface area contributed by atoms with Crippen LogP contribution in [-0.2, 0) is 4.79 Å². The Balaban J connectivity index is 2.60. The van der Waals surface area contributed by atoms with E-state index in [9.17, 15) is 4.79 Å². The Morgan fingerprint density at radius 1 is 1.39 bits per heavy atom. The van der Waals surface area contributed by atoms with Crippen LogP contribution in [0.1, 0.15) is 32.8 Å². The first-order chi connectivity index (χ1) is 8.43. The predicted molar refractivity (Wildman–Crippen MR) is 79.9 cm³/mol. The van der Waals surface area contributed by atoms with Crippen molar-refractivity contribution in [2.24, 2.45) is 0 Å². The van der Waals surface area contributed by atoms with Gasteiger partial charge in [-0.05, 0) is 44.9 Å². The maximum atomic E-state index is 11.9. The summed E-state index contributed by atoms with van der Waals surface area (Å²) < 4.78 is 1.04. The van der Waals surface area contributed by atoms with E-state index in [1.165, 1.54) is 5.56 Å². The summed E-state index contributed by atoms with van der Waals surface area (Å²) in [7, 11) is 0. The highest BCUT2D eigenvalue weighted by Gasteiger charge is 2.14. The second-order valence-electron chi connectivity index (χ2n) is 4.65. The fourth-order valence-corrected chi connectivity index (χ4v) is 1.85. The Morgan fingerprint density at radius 3 is 2.61 bits per heavy atom. The first-order valence-corrected chi connectivity index (χ1v) is 7.06. The van der Waals surface area contributed by atoms with Crippen molar-refractivity contribution in [2.75, 3.05) is 5.32 Å². The lowest BCUT2D eigenvalue weighted by atomic mass is 10.2. The van der Waals surface area contributed by atoms with Gasteiger partial charge in [0.15, 0.2) is 0 Å². The molecule has 4 heteroatoms. The lowest BCUT2D eigenvalue weighted by molar-refractivity contribution is -0.122. The van der Waals surface area contributed by atoms with Gasteiger partial charge in [0.05, 0.1) is 0 Å². The van der Waals surface area contributed by atoms with Crippen molar-refractivity contribution in [3.05, 3.63) is 28.2 Å². The van der Waals surface area contributed by atoms with Gasteiger partial charge >= 0.3 is 0 Å². The molecule has 0 aliphatic carbocycles. The summed E-state index contributed by atoms with van der Waals surface area (Å²) in [4.78, 5) is 11.9. The lowest BCUT2D eigenvalue weighted by Gasteiger charge is -2.18. The average molecular weight is 313 g/mol. The number of carbonyl (C=O) groups excluding carboxylic acids is 1. The molecule has 2 N–H and O–H groups in total. The molecule has 1 aromatic carbocycles. The normalized spacial score (nSPS) is 13.8. The smallest absolute Gasteiger partial charge is 0.242 e. The van der Waals surface area contributed by atoms with Gasteiger partial charge in [0.2, 0.25) is 5.91 Å². The Morgan fingerprint density at radius 2 is 2.06 bits per heavy atom. The van der Waals surface area contributed by atoms with E-state index in [1.807, 2.05) is 39.0 Å². The first-order valence-electron chi connectivity index (χ1n) is 6.27. The quantitative estimate of drug-likeness (QED) is 0.874. The molecule has 0 bridgehead atoms. The molecule has 0 aliphatic rings. The highest BCUT2D eigenvalue weighted by Crippen LogP contribution is 2.21. The van der Waals surface area contributed by atoms with Gasteiger partial charge in [-0.1, -0.05) is 28.9 Å². The molecule has 0 spiro atoms. The molecular weight excluding hydrogens is 292 g/mol. The monoisotopic (exact) mass is 312 g/mol. The average Bonchev–Trinajstić information content (AvgIpc) is 2.33. The predicted octanol–water partition coefficient (Wildman–Crippen LogP) is 3.47. The van der Waals surface area contributed by atoms with E-state index in [4.69, 9.17) is 0 Å². The molecule has 2 atom stereocenters. The van der Waals surface area contributed by atoms with Crippen LogP contribution in [0.5, 0.6) is 0 Å². The Kier molecular flexibility index (Phi) is 5.66. The van der Waals surface area contributed by atoms with E-state index >= 15 is 0 Å². The summed E-state index contributed by atoms with van der Waals surface area (Å²) in [5, 5.41) is 6.16. The van der Waals surface area contributed by atoms with Gasteiger partial charge < -0.3 is 10.6 Å². The molecule has 1 aromatic rings. The standard InChI is InChI=1S/C14H21BrN2O/c1-5-10(3)16-14(18)11(4)17-12-7-6-9(2)13(15)8-12/h6-8,10-11,17H,5H2,1-4H3,(H,16,18). The molecule has 0 radical (unpaired) electrons. The number of carbonyl (C=O) groups is 1. The molecule has 0 aromatic heterocycles. The summed E-state index contributed by atoms with van der Waals surface area (Å²) in [5.74, 6) is 0.0287. The zero-order chi connectivity index (χ0) is 13.7. The number of amides is 1. The highest BCUT2D eigenvalue weighted by molar-refractivity contribution is 9.10. The topological polar surface area (TPSA) is 41.1 Å². The van der Waals surface area contributed by atoms with Crippen molar-refractivity contribution in [2.45, 2.75) is 46.2 Å². The molecule has 3 nitrogen and oxygen atoms in total. The third-order valence-corrected chi connectivity index (χ3v) is 3.80. The zero-order valence-corrected chi connectivity index (χ0v) is 13.0. The molecule has 1 rings (SSSR count). The van der Waals surface area contributed by atoms with Crippen LogP contribution in [0.2, 0.25) is 0 Å². The molecule has 0 saturated carbocycles. The highest BCUT2D eigenvalue weighted by atomic mass is 79.9. The fraction of sp³-hybridized carbons (Fsp3) is 0.500. The van der Waals surface area contributed by atoms with Crippen LogP contribution in [0.15, 0.2) is 22.7 Å². The number of halogens is 1.